The number of anilines is 1. The fourth-order valence-electron chi connectivity index (χ4n) is 6.04. The number of alkyl halides is 2. The molecule has 11 heteroatoms. The largest absolute Gasteiger partial charge is 0.467 e. The summed E-state index contributed by atoms with van der Waals surface area (Å²) < 4.78 is 35.3. The first-order valence-electron chi connectivity index (χ1n) is 12.3. The SMILES string of the molecule is COc1nc(N2CC3CCC(C2)N3)c2c(n1)sc1c(-c3c(C(F)F)c(C)cc4n[nH]c(C)c34)nccc12. The number of benzene rings is 1. The molecule has 2 aliphatic rings. The molecular weight excluding hydrogens is 496 g/mol. The van der Waals surface area contributed by atoms with Crippen LogP contribution in [0.5, 0.6) is 6.01 Å². The molecule has 2 unspecified atom stereocenters. The van der Waals surface area contributed by atoms with Crippen LogP contribution < -0.4 is 15.0 Å². The highest BCUT2D eigenvalue weighted by Crippen LogP contribution is 2.47. The fourth-order valence-corrected chi connectivity index (χ4v) is 7.19. The topological polar surface area (TPSA) is 91.9 Å². The van der Waals surface area contributed by atoms with Crippen molar-refractivity contribution in [3.63, 3.8) is 0 Å². The number of aryl methyl sites for hydroxylation is 2. The molecule has 8 nitrogen and oxygen atoms in total. The van der Waals surface area contributed by atoms with Crippen LogP contribution in [0.15, 0.2) is 18.3 Å². The summed E-state index contributed by atoms with van der Waals surface area (Å²) in [6, 6.07) is 4.80. The third kappa shape index (κ3) is 3.40. The van der Waals surface area contributed by atoms with Gasteiger partial charge < -0.3 is 15.0 Å². The molecule has 2 atom stereocenters. The van der Waals surface area contributed by atoms with E-state index in [-0.39, 0.29) is 5.56 Å². The zero-order valence-electron chi connectivity index (χ0n) is 20.6. The minimum Gasteiger partial charge on any atom is -0.467 e. The zero-order valence-corrected chi connectivity index (χ0v) is 21.4. The van der Waals surface area contributed by atoms with Crippen molar-refractivity contribution in [1.29, 1.82) is 0 Å². The van der Waals surface area contributed by atoms with Crippen molar-refractivity contribution in [1.82, 2.24) is 30.5 Å². The van der Waals surface area contributed by atoms with Gasteiger partial charge in [0.05, 0.1) is 28.4 Å². The summed E-state index contributed by atoms with van der Waals surface area (Å²) in [7, 11) is 1.56. The van der Waals surface area contributed by atoms with Crippen molar-refractivity contribution in [3.05, 3.63) is 35.2 Å². The fraction of sp³-hybridized carbons (Fsp3) is 0.385. The smallest absolute Gasteiger partial charge is 0.319 e. The molecule has 6 heterocycles. The van der Waals surface area contributed by atoms with Gasteiger partial charge in [-0.05, 0) is 44.4 Å². The molecule has 2 bridgehead atoms. The van der Waals surface area contributed by atoms with Crippen LogP contribution in [0.3, 0.4) is 0 Å². The molecule has 0 spiro atoms. The van der Waals surface area contributed by atoms with Crippen LogP contribution in [-0.4, -0.2) is 57.4 Å². The maximum atomic E-state index is 14.5. The number of halogens is 2. The number of H-pyrrole nitrogens is 1. The molecule has 190 valence electrons. The molecule has 37 heavy (non-hydrogen) atoms. The van der Waals surface area contributed by atoms with Crippen LogP contribution in [0.4, 0.5) is 14.6 Å². The molecule has 2 fully saturated rings. The lowest BCUT2D eigenvalue weighted by Crippen LogP contribution is -2.51. The Bertz CT molecular complexity index is 1690. The molecule has 0 radical (unpaired) electrons. The van der Waals surface area contributed by atoms with Crippen molar-refractivity contribution in [2.24, 2.45) is 0 Å². The maximum Gasteiger partial charge on any atom is 0.319 e. The number of rotatable bonds is 4. The van der Waals surface area contributed by atoms with Gasteiger partial charge in [-0.25, -0.2) is 8.78 Å². The minimum atomic E-state index is -2.66. The predicted octanol–water partition coefficient (Wildman–Crippen LogP) is 5.29. The molecule has 0 saturated carbocycles. The van der Waals surface area contributed by atoms with E-state index in [4.69, 9.17) is 9.72 Å². The lowest BCUT2D eigenvalue weighted by molar-refractivity contribution is 0.151. The number of pyridine rings is 1. The number of nitrogens with zero attached hydrogens (tertiary/aromatic N) is 5. The number of hydrogen-bond donors (Lipinski definition) is 2. The molecule has 4 aromatic heterocycles. The van der Waals surface area contributed by atoms with Crippen LogP contribution in [0.25, 0.3) is 42.5 Å². The van der Waals surface area contributed by atoms with E-state index >= 15 is 0 Å². The summed E-state index contributed by atoms with van der Waals surface area (Å²) in [6.07, 6.45) is 1.33. The van der Waals surface area contributed by atoms with Crippen molar-refractivity contribution in [2.75, 3.05) is 25.1 Å². The van der Waals surface area contributed by atoms with Crippen LogP contribution in [-0.2, 0) is 0 Å². The van der Waals surface area contributed by atoms with Crippen molar-refractivity contribution in [2.45, 2.75) is 45.2 Å². The van der Waals surface area contributed by atoms with E-state index in [0.717, 1.165) is 57.7 Å². The van der Waals surface area contributed by atoms with E-state index in [1.807, 2.05) is 13.0 Å². The number of aromatic nitrogens is 5. The standard InChI is InChI=1S/C26H25F2N7OS/c1-11-8-16-18(12(2)33-34-16)20(17(11)23(27)28)21-22-15(6-7-29-21)19-24(31-26(36-3)32-25(19)37-22)35-9-13-4-5-14(10-35)30-13/h6-8,13-14,23,30H,4-5,9-10H2,1-3H3,(H,33,34). The summed E-state index contributed by atoms with van der Waals surface area (Å²) in [4.78, 5) is 17.2. The molecule has 1 aromatic carbocycles. The second-order valence-electron chi connectivity index (χ2n) is 9.92. The van der Waals surface area contributed by atoms with E-state index in [2.05, 4.69) is 30.4 Å². The molecule has 5 aromatic rings. The van der Waals surface area contributed by atoms with E-state index in [1.54, 1.807) is 26.3 Å². The Balaban J connectivity index is 1.54. The number of piperazine rings is 1. The first kappa shape index (κ1) is 22.7. The third-order valence-electron chi connectivity index (χ3n) is 7.64. The number of hydrogen-bond acceptors (Lipinski definition) is 8. The molecule has 0 amide bonds. The molecular formula is C26H25F2N7OS. The molecule has 0 aliphatic carbocycles. The molecule has 2 N–H and O–H groups in total. The number of thiophene rings is 1. The summed E-state index contributed by atoms with van der Waals surface area (Å²) in [6.45, 7) is 5.25. The zero-order chi connectivity index (χ0) is 25.4. The summed E-state index contributed by atoms with van der Waals surface area (Å²) in [5.74, 6) is 0.826. The Morgan fingerprint density at radius 3 is 2.65 bits per heavy atom. The van der Waals surface area contributed by atoms with Gasteiger partial charge in [0.2, 0.25) is 0 Å². The Kier molecular flexibility index (Phi) is 5.09. The average Bonchev–Trinajstić information content (AvgIpc) is 3.56. The Hall–Kier alpha value is -3.44. The van der Waals surface area contributed by atoms with Crippen LogP contribution in [0.1, 0.15) is 36.1 Å². The van der Waals surface area contributed by atoms with Gasteiger partial charge in [-0.2, -0.15) is 15.1 Å². The third-order valence-corrected chi connectivity index (χ3v) is 8.74. The Labute approximate surface area is 215 Å². The summed E-state index contributed by atoms with van der Waals surface area (Å²) in [5.41, 5.74) is 2.78. The van der Waals surface area contributed by atoms with Crippen molar-refractivity contribution >= 4 is 48.4 Å². The minimum absolute atomic E-state index is 0.0166. The summed E-state index contributed by atoms with van der Waals surface area (Å²) >= 11 is 1.44. The highest BCUT2D eigenvalue weighted by atomic mass is 32.1. The maximum absolute atomic E-state index is 14.5. The molecule has 7 rings (SSSR count). The number of methoxy groups -OCH3 is 1. The Morgan fingerprint density at radius 2 is 1.92 bits per heavy atom. The second kappa shape index (κ2) is 8.29. The van der Waals surface area contributed by atoms with E-state index in [9.17, 15) is 8.78 Å². The quantitative estimate of drug-likeness (QED) is 0.332. The lowest BCUT2D eigenvalue weighted by Gasteiger charge is -2.34. The van der Waals surface area contributed by atoms with Crippen LogP contribution in [0.2, 0.25) is 0 Å². The second-order valence-corrected chi connectivity index (χ2v) is 10.9. The first-order chi connectivity index (χ1) is 17.9. The molecule has 2 aliphatic heterocycles. The predicted molar refractivity (Wildman–Crippen MR) is 141 cm³/mol. The average molecular weight is 522 g/mol. The van der Waals surface area contributed by atoms with E-state index < -0.39 is 6.43 Å². The van der Waals surface area contributed by atoms with Gasteiger partial charge in [0.25, 0.3) is 6.43 Å². The van der Waals surface area contributed by atoms with Crippen LogP contribution >= 0.6 is 11.3 Å². The van der Waals surface area contributed by atoms with Crippen molar-refractivity contribution in [3.8, 4) is 17.3 Å². The van der Waals surface area contributed by atoms with Gasteiger partial charge >= 0.3 is 6.01 Å². The first-order valence-corrected chi connectivity index (χ1v) is 13.2. The molecule has 2 saturated heterocycles. The normalized spacial score (nSPS) is 19.7. The van der Waals surface area contributed by atoms with E-state index in [1.165, 1.54) is 11.3 Å². The monoisotopic (exact) mass is 521 g/mol. The van der Waals surface area contributed by atoms with Crippen molar-refractivity contribution < 1.29 is 13.5 Å². The van der Waals surface area contributed by atoms with Gasteiger partial charge in [-0.3, -0.25) is 10.1 Å². The number of nitrogens with one attached hydrogen (secondary N) is 2. The van der Waals surface area contributed by atoms with Gasteiger partial charge in [-0.1, -0.05) is 0 Å². The van der Waals surface area contributed by atoms with Gasteiger partial charge in [-0.15, -0.1) is 11.3 Å². The summed E-state index contributed by atoms with van der Waals surface area (Å²) in [5, 5.41) is 13.5. The highest BCUT2D eigenvalue weighted by molar-refractivity contribution is 7.26. The highest BCUT2D eigenvalue weighted by Gasteiger charge is 2.34. The number of aromatic amines is 1. The lowest BCUT2D eigenvalue weighted by atomic mass is 9.94. The van der Waals surface area contributed by atoms with Gasteiger partial charge in [0, 0.05) is 59.0 Å². The Morgan fingerprint density at radius 1 is 1.14 bits per heavy atom. The van der Waals surface area contributed by atoms with E-state index in [0.29, 0.717) is 45.8 Å². The van der Waals surface area contributed by atoms with Crippen LogP contribution in [0, 0.1) is 13.8 Å². The number of fused-ring (bicyclic) bond motifs is 6. The van der Waals surface area contributed by atoms with Gasteiger partial charge in [0.1, 0.15) is 10.6 Å². The number of ether oxygens (including phenoxy) is 1. The van der Waals surface area contributed by atoms with Gasteiger partial charge in [0.15, 0.2) is 0 Å².